The summed E-state index contributed by atoms with van der Waals surface area (Å²) < 4.78 is 0. The van der Waals surface area contributed by atoms with E-state index in [2.05, 4.69) is 16.9 Å². The highest BCUT2D eigenvalue weighted by molar-refractivity contribution is 7.98. The Bertz CT molecular complexity index is 175. The molecule has 0 saturated carbocycles. The third kappa shape index (κ3) is 7.03. The van der Waals surface area contributed by atoms with Crippen LogP contribution in [0.25, 0.3) is 0 Å². The van der Waals surface area contributed by atoms with Gasteiger partial charge >= 0.3 is 0 Å². The molecule has 0 aromatic rings. The maximum atomic E-state index is 11.3. The van der Waals surface area contributed by atoms with Crippen LogP contribution in [0.15, 0.2) is 0 Å². The van der Waals surface area contributed by atoms with Crippen molar-refractivity contribution in [3.63, 3.8) is 0 Å². The smallest absolute Gasteiger partial charge is 0.220 e. The van der Waals surface area contributed by atoms with E-state index in [1.54, 1.807) is 11.8 Å². The fourth-order valence-electron chi connectivity index (χ4n) is 1.63. The van der Waals surface area contributed by atoms with Crippen LogP contribution in [0.1, 0.15) is 25.7 Å². The molecule has 1 heterocycles. The molecule has 1 aliphatic heterocycles. The maximum Gasteiger partial charge on any atom is 0.220 e. The zero-order valence-corrected chi connectivity index (χ0v) is 10.9. The highest BCUT2D eigenvalue weighted by Gasteiger charge is 2.14. The second-order valence-corrected chi connectivity index (χ2v) is 4.68. The Morgan fingerprint density at radius 2 is 2.40 bits per heavy atom. The average Bonchev–Trinajstić information content (AvgIpc) is 2.68. The first kappa shape index (κ1) is 15.1. The zero-order chi connectivity index (χ0) is 10.2. The zero-order valence-electron chi connectivity index (χ0n) is 9.25. The standard InChI is InChI=1S/C10H20N2OS.ClH/c1-14-7-3-5-10(13)12-8-9-4-2-6-11-9;/h9,11H,2-8H2,1H3,(H,12,13);1H. The van der Waals surface area contributed by atoms with Crippen LogP contribution in [0.4, 0.5) is 0 Å². The minimum atomic E-state index is 0. The van der Waals surface area contributed by atoms with Crippen molar-refractivity contribution in [2.75, 3.05) is 25.1 Å². The van der Waals surface area contributed by atoms with Gasteiger partial charge in [0.1, 0.15) is 0 Å². The Kier molecular flexibility index (Phi) is 9.35. The van der Waals surface area contributed by atoms with E-state index in [1.165, 1.54) is 12.8 Å². The molecule has 1 fully saturated rings. The molecule has 1 atom stereocenters. The topological polar surface area (TPSA) is 41.1 Å². The van der Waals surface area contributed by atoms with Crippen LogP contribution >= 0.6 is 24.2 Å². The van der Waals surface area contributed by atoms with Gasteiger partial charge in [-0.15, -0.1) is 12.4 Å². The molecule has 1 saturated heterocycles. The van der Waals surface area contributed by atoms with E-state index in [9.17, 15) is 4.79 Å². The summed E-state index contributed by atoms with van der Waals surface area (Å²) in [6.07, 6.45) is 6.18. The van der Waals surface area contributed by atoms with Gasteiger partial charge < -0.3 is 10.6 Å². The largest absolute Gasteiger partial charge is 0.355 e. The Morgan fingerprint density at radius 1 is 1.60 bits per heavy atom. The van der Waals surface area contributed by atoms with Gasteiger partial charge in [-0.3, -0.25) is 4.79 Å². The second kappa shape index (κ2) is 9.31. The predicted octanol–water partition coefficient (Wildman–Crippen LogP) is 1.42. The SMILES string of the molecule is CSCCCC(=O)NCC1CCCN1.Cl. The van der Waals surface area contributed by atoms with Crippen LogP contribution in [-0.4, -0.2) is 37.0 Å². The maximum absolute atomic E-state index is 11.3. The average molecular weight is 253 g/mol. The van der Waals surface area contributed by atoms with Crippen molar-refractivity contribution in [3.05, 3.63) is 0 Å². The summed E-state index contributed by atoms with van der Waals surface area (Å²) >= 11 is 1.79. The molecular formula is C10H21ClN2OS. The third-order valence-corrected chi connectivity index (χ3v) is 3.16. The van der Waals surface area contributed by atoms with Crippen molar-refractivity contribution in [3.8, 4) is 0 Å². The van der Waals surface area contributed by atoms with Crippen molar-refractivity contribution in [1.82, 2.24) is 10.6 Å². The summed E-state index contributed by atoms with van der Waals surface area (Å²) in [6, 6.07) is 0.513. The molecule has 2 N–H and O–H groups in total. The summed E-state index contributed by atoms with van der Waals surface area (Å²) in [5, 5.41) is 6.33. The number of thioether (sulfide) groups is 1. The van der Waals surface area contributed by atoms with Gasteiger partial charge in [-0.05, 0) is 37.8 Å². The minimum Gasteiger partial charge on any atom is -0.355 e. The quantitative estimate of drug-likeness (QED) is 0.703. The molecule has 15 heavy (non-hydrogen) atoms. The number of carbonyl (C=O) groups is 1. The summed E-state index contributed by atoms with van der Waals surface area (Å²) in [4.78, 5) is 11.3. The van der Waals surface area contributed by atoms with Crippen molar-refractivity contribution >= 4 is 30.1 Å². The van der Waals surface area contributed by atoms with Crippen LogP contribution < -0.4 is 10.6 Å². The van der Waals surface area contributed by atoms with Crippen LogP contribution in [0.5, 0.6) is 0 Å². The molecule has 90 valence electrons. The Morgan fingerprint density at radius 3 is 3.00 bits per heavy atom. The van der Waals surface area contributed by atoms with Crippen molar-refractivity contribution in [2.24, 2.45) is 0 Å². The van der Waals surface area contributed by atoms with Gasteiger partial charge in [-0.1, -0.05) is 0 Å². The molecular weight excluding hydrogens is 232 g/mol. The van der Waals surface area contributed by atoms with Gasteiger partial charge in [0.2, 0.25) is 5.91 Å². The lowest BCUT2D eigenvalue weighted by Gasteiger charge is -2.11. The second-order valence-electron chi connectivity index (χ2n) is 3.69. The van der Waals surface area contributed by atoms with E-state index in [1.807, 2.05) is 0 Å². The van der Waals surface area contributed by atoms with Gasteiger partial charge in [0.15, 0.2) is 0 Å². The number of halogens is 1. The van der Waals surface area contributed by atoms with Gasteiger partial charge in [0, 0.05) is 19.0 Å². The fraction of sp³-hybridized carbons (Fsp3) is 0.900. The first-order valence-electron chi connectivity index (χ1n) is 5.32. The van der Waals surface area contributed by atoms with E-state index in [-0.39, 0.29) is 18.3 Å². The molecule has 1 aliphatic rings. The lowest BCUT2D eigenvalue weighted by Crippen LogP contribution is -2.37. The Labute approximate surface area is 103 Å². The van der Waals surface area contributed by atoms with Crippen LogP contribution in [-0.2, 0) is 4.79 Å². The van der Waals surface area contributed by atoms with Gasteiger partial charge in [0.25, 0.3) is 0 Å². The van der Waals surface area contributed by atoms with Crippen molar-refractivity contribution in [1.29, 1.82) is 0 Å². The van der Waals surface area contributed by atoms with Crippen molar-refractivity contribution < 1.29 is 4.79 Å². The number of nitrogens with one attached hydrogen (secondary N) is 2. The first-order chi connectivity index (χ1) is 6.83. The molecule has 0 radical (unpaired) electrons. The van der Waals surface area contributed by atoms with E-state index in [4.69, 9.17) is 0 Å². The van der Waals surface area contributed by atoms with Crippen LogP contribution in [0.3, 0.4) is 0 Å². The number of hydrogen-bond acceptors (Lipinski definition) is 3. The number of carbonyl (C=O) groups excluding carboxylic acids is 1. The highest BCUT2D eigenvalue weighted by Crippen LogP contribution is 2.03. The molecule has 0 spiro atoms. The van der Waals surface area contributed by atoms with E-state index >= 15 is 0 Å². The summed E-state index contributed by atoms with van der Waals surface area (Å²) in [5.41, 5.74) is 0. The summed E-state index contributed by atoms with van der Waals surface area (Å²) in [6.45, 7) is 1.91. The molecule has 0 bridgehead atoms. The molecule has 1 rings (SSSR count). The van der Waals surface area contributed by atoms with Crippen molar-refractivity contribution in [2.45, 2.75) is 31.7 Å². The van der Waals surface area contributed by atoms with E-state index in [0.29, 0.717) is 12.5 Å². The molecule has 0 aromatic carbocycles. The monoisotopic (exact) mass is 252 g/mol. The van der Waals surface area contributed by atoms with E-state index < -0.39 is 0 Å². The van der Waals surface area contributed by atoms with Gasteiger partial charge in [-0.25, -0.2) is 0 Å². The van der Waals surface area contributed by atoms with Gasteiger partial charge in [-0.2, -0.15) is 11.8 Å². The molecule has 3 nitrogen and oxygen atoms in total. The highest BCUT2D eigenvalue weighted by atomic mass is 35.5. The van der Waals surface area contributed by atoms with E-state index in [0.717, 1.165) is 25.3 Å². The summed E-state index contributed by atoms with van der Waals surface area (Å²) in [7, 11) is 0. The molecule has 0 aromatic heterocycles. The fourth-order valence-corrected chi connectivity index (χ4v) is 2.07. The minimum absolute atomic E-state index is 0. The Hall–Kier alpha value is 0.0700. The lowest BCUT2D eigenvalue weighted by atomic mass is 10.2. The molecule has 1 amide bonds. The number of amides is 1. The van der Waals surface area contributed by atoms with Gasteiger partial charge in [0.05, 0.1) is 0 Å². The third-order valence-electron chi connectivity index (χ3n) is 2.46. The molecule has 1 unspecified atom stereocenters. The molecule has 0 aliphatic carbocycles. The van der Waals surface area contributed by atoms with Crippen LogP contribution in [0.2, 0.25) is 0 Å². The first-order valence-corrected chi connectivity index (χ1v) is 6.71. The predicted molar refractivity (Wildman–Crippen MR) is 68.9 cm³/mol. The number of hydrogen-bond donors (Lipinski definition) is 2. The van der Waals surface area contributed by atoms with Crippen LogP contribution in [0, 0.1) is 0 Å². The normalized spacial score (nSPS) is 19.7. The summed E-state index contributed by atoms with van der Waals surface area (Å²) in [5.74, 6) is 1.28. The lowest BCUT2D eigenvalue weighted by molar-refractivity contribution is -0.121. The molecule has 5 heteroatoms. The Balaban J connectivity index is 0.00000196. The number of rotatable bonds is 6.